The molecule has 0 saturated heterocycles. The Morgan fingerprint density at radius 3 is 2.76 bits per heavy atom. The molecule has 0 aliphatic rings. The van der Waals surface area contributed by atoms with Gasteiger partial charge < -0.3 is 14.8 Å². The minimum atomic E-state index is 0.594. The zero-order valence-electron chi connectivity index (χ0n) is 10.3. The number of benzene rings is 1. The van der Waals surface area contributed by atoms with Crippen molar-refractivity contribution in [3.8, 4) is 11.5 Å². The second-order valence-electron chi connectivity index (χ2n) is 3.54. The van der Waals surface area contributed by atoms with Gasteiger partial charge >= 0.3 is 0 Å². The largest absolute Gasteiger partial charge is 0.493 e. The zero-order chi connectivity index (χ0) is 12.7. The van der Waals surface area contributed by atoms with Crippen molar-refractivity contribution in [2.75, 3.05) is 20.3 Å². The average molecular weight is 256 g/mol. The molecule has 4 heteroatoms. The fourth-order valence-electron chi connectivity index (χ4n) is 1.44. The Morgan fingerprint density at radius 1 is 1.41 bits per heavy atom. The van der Waals surface area contributed by atoms with Gasteiger partial charge in [-0.15, -0.1) is 0 Å². The fraction of sp³-hybridized carbons (Fsp3) is 0.385. The van der Waals surface area contributed by atoms with Gasteiger partial charge in [0.2, 0.25) is 0 Å². The third-order valence-corrected chi connectivity index (χ3v) is 2.31. The van der Waals surface area contributed by atoms with Crippen LogP contribution < -0.4 is 14.8 Å². The van der Waals surface area contributed by atoms with Crippen LogP contribution in [0.2, 0.25) is 0 Å². The van der Waals surface area contributed by atoms with Crippen molar-refractivity contribution in [3.63, 3.8) is 0 Å². The first-order chi connectivity index (χ1) is 8.17. The van der Waals surface area contributed by atoms with Gasteiger partial charge in [0, 0.05) is 18.1 Å². The number of hydrogen-bond acceptors (Lipinski definition) is 3. The summed E-state index contributed by atoms with van der Waals surface area (Å²) < 4.78 is 10.7. The number of methoxy groups -OCH3 is 1. The second kappa shape index (κ2) is 7.20. The maximum atomic E-state index is 5.67. The molecule has 0 heterocycles. The molecule has 0 bridgehead atoms. The highest BCUT2D eigenvalue weighted by molar-refractivity contribution is 6.29. The van der Waals surface area contributed by atoms with E-state index in [4.69, 9.17) is 21.1 Å². The summed E-state index contributed by atoms with van der Waals surface area (Å²) in [4.78, 5) is 0. The predicted octanol–water partition coefficient (Wildman–Crippen LogP) is 2.94. The quantitative estimate of drug-likeness (QED) is 0.813. The minimum absolute atomic E-state index is 0.594. The molecular weight excluding hydrogens is 238 g/mol. The highest BCUT2D eigenvalue weighted by atomic mass is 35.5. The lowest BCUT2D eigenvalue weighted by atomic mass is 10.2. The van der Waals surface area contributed by atoms with Gasteiger partial charge in [0.25, 0.3) is 0 Å². The molecule has 0 atom stereocenters. The first-order valence-electron chi connectivity index (χ1n) is 5.51. The van der Waals surface area contributed by atoms with E-state index in [1.165, 1.54) is 0 Å². The third-order valence-electron chi connectivity index (χ3n) is 2.17. The van der Waals surface area contributed by atoms with Crippen LogP contribution in [0.15, 0.2) is 29.8 Å². The summed E-state index contributed by atoms with van der Waals surface area (Å²) in [5.41, 5.74) is 1.11. The van der Waals surface area contributed by atoms with E-state index in [1.807, 2.05) is 25.1 Å². The van der Waals surface area contributed by atoms with Gasteiger partial charge in [-0.2, -0.15) is 0 Å². The molecule has 0 aliphatic carbocycles. The van der Waals surface area contributed by atoms with Crippen LogP contribution in [-0.4, -0.2) is 20.3 Å². The van der Waals surface area contributed by atoms with E-state index >= 15 is 0 Å². The molecular formula is C13H18ClNO2. The van der Waals surface area contributed by atoms with Gasteiger partial charge in [-0.25, -0.2) is 0 Å². The lowest BCUT2D eigenvalue weighted by molar-refractivity contribution is 0.310. The summed E-state index contributed by atoms with van der Waals surface area (Å²) in [5, 5.41) is 3.78. The van der Waals surface area contributed by atoms with Crippen molar-refractivity contribution in [2.45, 2.75) is 13.5 Å². The smallest absolute Gasteiger partial charge is 0.161 e. The Labute approximate surface area is 107 Å². The van der Waals surface area contributed by atoms with Crippen molar-refractivity contribution in [1.29, 1.82) is 0 Å². The number of hydrogen-bond donors (Lipinski definition) is 1. The Hall–Kier alpha value is -1.19. The molecule has 1 aromatic carbocycles. The van der Waals surface area contributed by atoms with Crippen molar-refractivity contribution in [1.82, 2.24) is 5.32 Å². The molecule has 0 unspecified atom stereocenters. The van der Waals surface area contributed by atoms with Gasteiger partial charge in [0.05, 0.1) is 13.7 Å². The Morgan fingerprint density at radius 2 is 2.18 bits per heavy atom. The first kappa shape index (κ1) is 13.9. The van der Waals surface area contributed by atoms with Crippen LogP contribution in [0.5, 0.6) is 11.5 Å². The van der Waals surface area contributed by atoms with E-state index in [-0.39, 0.29) is 0 Å². The predicted molar refractivity (Wildman–Crippen MR) is 70.9 cm³/mol. The minimum Gasteiger partial charge on any atom is -0.493 e. The summed E-state index contributed by atoms with van der Waals surface area (Å²) in [7, 11) is 1.63. The summed E-state index contributed by atoms with van der Waals surface area (Å²) in [6.07, 6.45) is 0. The molecule has 1 aromatic rings. The average Bonchev–Trinajstić information content (AvgIpc) is 2.30. The summed E-state index contributed by atoms with van der Waals surface area (Å²) >= 11 is 5.67. The van der Waals surface area contributed by atoms with E-state index < -0.39 is 0 Å². The molecule has 17 heavy (non-hydrogen) atoms. The van der Waals surface area contributed by atoms with Gasteiger partial charge in [-0.1, -0.05) is 24.2 Å². The first-order valence-corrected chi connectivity index (χ1v) is 5.89. The maximum absolute atomic E-state index is 5.67. The Balaban J connectivity index is 2.65. The molecule has 0 saturated carbocycles. The lowest BCUT2D eigenvalue weighted by Gasteiger charge is -2.11. The highest BCUT2D eigenvalue weighted by Gasteiger charge is 2.04. The molecule has 0 spiro atoms. The third kappa shape index (κ3) is 4.67. The van der Waals surface area contributed by atoms with Crippen LogP contribution in [0.3, 0.4) is 0 Å². The van der Waals surface area contributed by atoms with Crippen LogP contribution in [0.25, 0.3) is 0 Å². The molecule has 3 nitrogen and oxygen atoms in total. The van der Waals surface area contributed by atoms with Crippen molar-refractivity contribution >= 4 is 11.6 Å². The van der Waals surface area contributed by atoms with Crippen LogP contribution in [0, 0.1) is 0 Å². The monoisotopic (exact) mass is 255 g/mol. The molecule has 1 N–H and O–H groups in total. The summed E-state index contributed by atoms with van der Waals surface area (Å²) in [6.45, 7) is 7.50. The van der Waals surface area contributed by atoms with E-state index in [0.29, 0.717) is 24.7 Å². The molecule has 0 fully saturated rings. The van der Waals surface area contributed by atoms with E-state index in [1.54, 1.807) is 7.11 Å². The van der Waals surface area contributed by atoms with Crippen LogP contribution in [0.1, 0.15) is 12.5 Å². The number of nitrogens with one attached hydrogen (secondary N) is 1. The number of rotatable bonds is 7. The lowest BCUT2D eigenvalue weighted by Crippen LogP contribution is -2.14. The Bertz CT molecular complexity index is 380. The molecule has 0 aliphatic heterocycles. The van der Waals surface area contributed by atoms with Gasteiger partial charge in [0.15, 0.2) is 11.5 Å². The number of ether oxygens (including phenoxy) is 2. The summed E-state index contributed by atoms with van der Waals surface area (Å²) in [5.74, 6) is 1.51. The van der Waals surface area contributed by atoms with Crippen LogP contribution >= 0.6 is 11.6 Å². The maximum Gasteiger partial charge on any atom is 0.161 e. The molecule has 0 amide bonds. The van der Waals surface area contributed by atoms with Gasteiger partial charge in [-0.05, 0) is 24.6 Å². The normalized spacial score (nSPS) is 10.1. The van der Waals surface area contributed by atoms with Crippen molar-refractivity contribution in [3.05, 3.63) is 35.4 Å². The van der Waals surface area contributed by atoms with Gasteiger partial charge in [-0.3, -0.25) is 0 Å². The fourth-order valence-corrected chi connectivity index (χ4v) is 1.53. The van der Waals surface area contributed by atoms with Crippen molar-refractivity contribution in [2.24, 2.45) is 0 Å². The number of halogens is 1. The highest BCUT2D eigenvalue weighted by Crippen LogP contribution is 2.27. The standard InChI is InChI=1S/C13H18ClNO2/c1-4-17-12-6-5-11(7-13(12)16-3)9-15-8-10(2)14/h5-7,15H,2,4,8-9H2,1,3H3. The SMILES string of the molecule is C=C(Cl)CNCc1ccc(OCC)c(OC)c1. The Kier molecular flexibility index (Phi) is 5.87. The van der Waals surface area contributed by atoms with Gasteiger partial charge in [0.1, 0.15) is 0 Å². The molecule has 0 radical (unpaired) electrons. The topological polar surface area (TPSA) is 30.5 Å². The van der Waals surface area contributed by atoms with E-state index in [9.17, 15) is 0 Å². The van der Waals surface area contributed by atoms with Crippen molar-refractivity contribution < 1.29 is 9.47 Å². The summed E-state index contributed by atoms with van der Waals surface area (Å²) in [6, 6.07) is 5.86. The van der Waals surface area contributed by atoms with E-state index in [0.717, 1.165) is 17.1 Å². The van der Waals surface area contributed by atoms with E-state index in [2.05, 4.69) is 11.9 Å². The van der Waals surface area contributed by atoms with Crippen LogP contribution in [0.4, 0.5) is 0 Å². The zero-order valence-corrected chi connectivity index (χ0v) is 11.0. The second-order valence-corrected chi connectivity index (χ2v) is 4.07. The van der Waals surface area contributed by atoms with Crippen LogP contribution in [-0.2, 0) is 6.54 Å². The molecule has 94 valence electrons. The molecule has 0 aromatic heterocycles. The molecule has 1 rings (SSSR count).